The second-order valence-electron chi connectivity index (χ2n) is 2.97. The quantitative estimate of drug-likeness (QED) is 0.599. The van der Waals surface area contributed by atoms with E-state index < -0.39 is 24.7 Å². The van der Waals surface area contributed by atoms with Gasteiger partial charge in [-0.25, -0.2) is 9.59 Å². The van der Waals surface area contributed by atoms with Crippen molar-refractivity contribution in [2.24, 2.45) is 0 Å². The number of esters is 1. The van der Waals surface area contributed by atoms with Crippen LogP contribution in [0.15, 0.2) is 13.6 Å². The largest absolute Gasteiger partial charge is 0.519 e. The van der Waals surface area contributed by atoms with Gasteiger partial charge in [0.1, 0.15) is 5.76 Å². The highest BCUT2D eigenvalue weighted by atomic mass is 16.7. The number of amides is 1. The summed E-state index contributed by atoms with van der Waals surface area (Å²) in [7, 11) is 0. The Morgan fingerprint density at radius 2 is 2.00 bits per heavy atom. The van der Waals surface area contributed by atoms with Crippen LogP contribution in [0.1, 0.15) is 18.4 Å². The van der Waals surface area contributed by atoms with Crippen LogP contribution in [0.5, 0.6) is 0 Å². The molecule has 0 aliphatic carbocycles. The van der Waals surface area contributed by atoms with E-state index in [2.05, 4.69) is 23.6 Å². The molecule has 1 aromatic heterocycles. The van der Waals surface area contributed by atoms with Gasteiger partial charge >= 0.3 is 17.9 Å². The molecule has 0 spiro atoms. The molecule has 0 saturated carbocycles. The molecule has 0 aromatic carbocycles. The van der Waals surface area contributed by atoms with Crippen LogP contribution in [-0.2, 0) is 20.8 Å². The van der Waals surface area contributed by atoms with Crippen LogP contribution < -0.4 is 11.1 Å². The van der Waals surface area contributed by atoms with Gasteiger partial charge in [0, 0.05) is 6.92 Å². The lowest BCUT2D eigenvalue weighted by atomic mass is 10.4. The highest BCUT2D eigenvalue weighted by molar-refractivity contribution is 5.68. The summed E-state index contributed by atoms with van der Waals surface area (Å²) in [4.78, 5) is 32.1. The van der Waals surface area contributed by atoms with Gasteiger partial charge in [0.2, 0.25) is 6.79 Å². The van der Waals surface area contributed by atoms with Crippen molar-refractivity contribution in [1.82, 2.24) is 5.32 Å². The Balaban J connectivity index is 2.31. The van der Waals surface area contributed by atoms with Gasteiger partial charge in [0.15, 0.2) is 5.76 Å². The van der Waals surface area contributed by atoms with Crippen LogP contribution in [-0.4, -0.2) is 18.9 Å². The average Bonchev–Trinajstić information content (AvgIpc) is 2.54. The van der Waals surface area contributed by atoms with E-state index in [9.17, 15) is 14.4 Å². The van der Waals surface area contributed by atoms with Crippen LogP contribution in [0.4, 0.5) is 4.79 Å². The number of hydrogen-bond acceptors (Lipinski definition) is 7. The van der Waals surface area contributed by atoms with Crippen molar-refractivity contribution in [2.45, 2.75) is 20.4 Å². The number of carbonyl (C=O) groups excluding carboxylic acids is 2. The van der Waals surface area contributed by atoms with Crippen molar-refractivity contribution >= 4 is 12.1 Å². The minimum atomic E-state index is -0.840. The molecule has 1 amide bonds. The zero-order chi connectivity index (χ0) is 12.8. The lowest BCUT2D eigenvalue weighted by molar-refractivity contribution is -0.149. The summed E-state index contributed by atoms with van der Waals surface area (Å²) in [6.45, 7) is 2.17. The van der Waals surface area contributed by atoms with E-state index in [1.54, 1.807) is 0 Å². The number of aryl methyl sites for hydroxylation is 1. The molecule has 0 aliphatic rings. The number of alkyl carbamates (subject to hydrolysis) is 1. The maximum atomic E-state index is 11.0. The maximum absolute atomic E-state index is 11.0. The summed E-state index contributed by atoms with van der Waals surface area (Å²) in [5, 5.41) is 2.28. The predicted octanol–water partition coefficient (Wildman–Crippen LogP) is 0.288. The molecule has 1 rings (SSSR count). The fourth-order valence-electron chi connectivity index (χ4n) is 0.905. The van der Waals surface area contributed by atoms with E-state index >= 15 is 0 Å². The monoisotopic (exact) mass is 245 g/mol. The van der Waals surface area contributed by atoms with Gasteiger partial charge in [-0.05, 0) is 6.92 Å². The number of carbonyl (C=O) groups is 2. The second-order valence-corrected chi connectivity index (χ2v) is 2.97. The Morgan fingerprint density at radius 3 is 2.53 bits per heavy atom. The molecular formula is C9H11NO7. The molecule has 0 aliphatic heterocycles. The minimum absolute atomic E-state index is 0.0590. The zero-order valence-corrected chi connectivity index (χ0v) is 9.27. The fraction of sp³-hybridized carbons (Fsp3) is 0.444. The average molecular weight is 245 g/mol. The van der Waals surface area contributed by atoms with E-state index in [-0.39, 0.29) is 18.1 Å². The van der Waals surface area contributed by atoms with Crippen molar-refractivity contribution in [3.8, 4) is 0 Å². The normalized spacial score (nSPS) is 9.76. The molecule has 0 saturated heterocycles. The number of ether oxygens (including phenoxy) is 2. The van der Waals surface area contributed by atoms with Gasteiger partial charge in [-0.2, -0.15) is 0 Å². The molecule has 17 heavy (non-hydrogen) atoms. The first-order valence-corrected chi connectivity index (χ1v) is 4.62. The number of rotatable bonds is 4. The summed E-state index contributed by atoms with van der Waals surface area (Å²) in [5.41, 5.74) is 0. The van der Waals surface area contributed by atoms with Crippen LogP contribution in [0.2, 0.25) is 0 Å². The minimum Gasteiger partial charge on any atom is -0.428 e. The molecule has 0 radical (unpaired) electrons. The standard InChI is InChI=1S/C9H11NO7/c1-5-7(17-9(13)16-5)3-10-8(12)15-4-14-6(2)11/h3-4H2,1-2H3,(H,10,12). The zero-order valence-electron chi connectivity index (χ0n) is 9.27. The van der Waals surface area contributed by atoms with Gasteiger partial charge in [0.05, 0.1) is 6.54 Å². The topological polar surface area (TPSA) is 108 Å². The Labute approximate surface area is 95.5 Å². The summed E-state index contributed by atoms with van der Waals surface area (Å²) >= 11 is 0. The van der Waals surface area contributed by atoms with E-state index in [1.807, 2.05) is 0 Å². The first kappa shape index (κ1) is 12.8. The number of nitrogens with one attached hydrogen (secondary N) is 1. The molecular weight excluding hydrogens is 234 g/mol. The first-order valence-electron chi connectivity index (χ1n) is 4.62. The third-order valence-corrected chi connectivity index (χ3v) is 1.68. The lowest BCUT2D eigenvalue weighted by Gasteiger charge is -2.05. The molecule has 1 heterocycles. The molecule has 0 atom stereocenters. The highest BCUT2D eigenvalue weighted by Gasteiger charge is 2.10. The van der Waals surface area contributed by atoms with Crippen molar-refractivity contribution < 1.29 is 27.9 Å². The summed E-state index contributed by atoms with van der Waals surface area (Å²) in [6, 6.07) is 0. The van der Waals surface area contributed by atoms with E-state index in [0.29, 0.717) is 0 Å². The van der Waals surface area contributed by atoms with Crippen molar-refractivity contribution in [3.63, 3.8) is 0 Å². The first-order chi connectivity index (χ1) is 7.99. The molecule has 8 heteroatoms. The fourth-order valence-corrected chi connectivity index (χ4v) is 0.905. The van der Waals surface area contributed by atoms with Crippen LogP contribution in [0.25, 0.3) is 0 Å². The predicted molar refractivity (Wildman–Crippen MR) is 51.9 cm³/mol. The van der Waals surface area contributed by atoms with Crippen LogP contribution >= 0.6 is 0 Å². The van der Waals surface area contributed by atoms with E-state index in [1.165, 1.54) is 13.8 Å². The van der Waals surface area contributed by atoms with Crippen LogP contribution in [0.3, 0.4) is 0 Å². The Morgan fingerprint density at radius 1 is 1.29 bits per heavy atom. The third-order valence-electron chi connectivity index (χ3n) is 1.68. The number of hydrogen-bond donors (Lipinski definition) is 1. The Kier molecular flexibility index (Phi) is 4.32. The van der Waals surface area contributed by atoms with Crippen molar-refractivity contribution in [1.29, 1.82) is 0 Å². The molecule has 0 unspecified atom stereocenters. The molecule has 94 valence electrons. The smallest absolute Gasteiger partial charge is 0.428 e. The highest BCUT2D eigenvalue weighted by Crippen LogP contribution is 2.03. The Hall–Kier alpha value is -2.25. The van der Waals surface area contributed by atoms with Gasteiger partial charge < -0.3 is 23.6 Å². The van der Waals surface area contributed by atoms with Gasteiger partial charge in [0.25, 0.3) is 0 Å². The molecule has 0 bridgehead atoms. The van der Waals surface area contributed by atoms with Crippen molar-refractivity contribution in [3.05, 3.63) is 22.1 Å². The van der Waals surface area contributed by atoms with Crippen LogP contribution in [0, 0.1) is 6.92 Å². The lowest BCUT2D eigenvalue weighted by Crippen LogP contribution is -2.25. The van der Waals surface area contributed by atoms with Gasteiger partial charge in [-0.3, -0.25) is 4.79 Å². The molecule has 8 nitrogen and oxygen atoms in total. The summed E-state index contributed by atoms with van der Waals surface area (Å²) < 4.78 is 18.1. The maximum Gasteiger partial charge on any atom is 0.519 e. The summed E-state index contributed by atoms with van der Waals surface area (Å²) in [6.07, 6.45) is -0.811. The molecule has 1 N–H and O–H groups in total. The molecule has 0 fully saturated rings. The molecule has 1 aromatic rings. The second kappa shape index (κ2) is 5.73. The van der Waals surface area contributed by atoms with Gasteiger partial charge in [-0.1, -0.05) is 0 Å². The summed E-state index contributed by atoms with van der Waals surface area (Å²) in [5.74, 6) is -0.934. The SMILES string of the molecule is CC(=O)OCOC(=O)NCc1oc(=O)oc1C. The Bertz CT molecular complexity index is 458. The van der Waals surface area contributed by atoms with Gasteiger partial charge in [-0.15, -0.1) is 0 Å². The third kappa shape index (κ3) is 4.41. The van der Waals surface area contributed by atoms with Crippen molar-refractivity contribution in [2.75, 3.05) is 6.79 Å². The van der Waals surface area contributed by atoms with E-state index in [0.717, 1.165) is 0 Å². The van der Waals surface area contributed by atoms with E-state index in [4.69, 9.17) is 0 Å².